The summed E-state index contributed by atoms with van der Waals surface area (Å²) in [4.78, 5) is 14.8. The van der Waals surface area contributed by atoms with Crippen molar-refractivity contribution < 1.29 is 9.53 Å². The van der Waals surface area contributed by atoms with Gasteiger partial charge in [0.15, 0.2) is 10.6 Å². The van der Waals surface area contributed by atoms with Gasteiger partial charge in [0.2, 0.25) is 5.91 Å². The second kappa shape index (κ2) is 9.99. The Balaban J connectivity index is 1.35. The van der Waals surface area contributed by atoms with Crippen molar-refractivity contribution in [1.82, 2.24) is 20.1 Å². The zero-order valence-electron chi connectivity index (χ0n) is 18.6. The Hall–Kier alpha value is -3.13. The molecular weight excluding hydrogens is 422 g/mol. The van der Waals surface area contributed by atoms with E-state index in [2.05, 4.69) is 45.7 Å². The van der Waals surface area contributed by atoms with Gasteiger partial charge in [0.25, 0.3) is 0 Å². The molecule has 0 aliphatic carbocycles. The largest absolute Gasteiger partial charge is 0.494 e. The third-order valence-electron chi connectivity index (χ3n) is 5.73. The molecule has 2 aromatic carbocycles. The van der Waals surface area contributed by atoms with Crippen molar-refractivity contribution in [2.75, 3.05) is 25.1 Å². The van der Waals surface area contributed by atoms with Crippen molar-refractivity contribution in [3.63, 3.8) is 0 Å². The normalized spacial score (nSPS) is 13.0. The number of H-pyrrole nitrogens is 1. The molecule has 8 heteroatoms. The number of nitrogens with zero attached hydrogens (tertiary/aromatic N) is 3. The Morgan fingerprint density at radius 2 is 2.06 bits per heavy atom. The summed E-state index contributed by atoms with van der Waals surface area (Å²) in [5.41, 5.74) is 4.69. The number of aromatic amines is 1. The van der Waals surface area contributed by atoms with E-state index in [0.717, 1.165) is 29.8 Å². The topological polar surface area (TPSA) is 75.2 Å². The van der Waals surface area contributed by atoms with Gasteiger partial charge in [0.05, 0.1) is 6.61 Å². The average molecular weight is 452 g/mol. The standard InChI is InChI=1S/C24H29N5O2S/c1-3-31-20-9-7-18(8-10-20)23-26-27-24(32)29(23)14-12-22(30)25-16-17-6-11-21-19(15-17)5-4-13-28(21)2/h6-11,15H,3-5,12-14,16H2,1-2H3,(H,25,30)(H,27,32). The van der Waals surface area contributed by atoms with Crippen molar-refractivity contribution in [1.29, 1.82) is 0 Å². The van der Waals surface area contributed by atoms with Crippen molar-refractivity contribution in [2.45, 2.75) is 39.3 Å². The molecule has 0 radical (unpaired) electrons. The first kappa shape index (κ1) is 22.1. The first-order chi connectivity index (χ1) is 15.5. The van der Waals surface area contributed by atoms with Gasteiger partial charge in [-0.25, -0.2) is 0 Å². The first-order valence-electron chi connectivity index (χ1n) is 11.0. The number of amides is 1. The SMILES string of the molecule is CCOc1ccc(-c2n[nH]c(=S)n2CCC(=O)NCc2ccc3c(c2)CCCN3C)cc1. The van der Waals surface area contributed by atoms with E-state index >= 15 is 0 Å². The Morgan fingerprint density at radius 1 is 1.25 bits per heavy atom. The molecule has 0 saturated carbocycles. The molecule has 0 saturated heterocycles. The van der Waals surface area contributed by atoms with E-state index in [4.69, 9.17) is 17.0 Å². The minimum atomic E-state index is -0.0133. The van der Waals surface area contributed by atoms with Crippen LogP contribution < -0.4 is 15.0 Å². The van der Waals surface area contributed by atoms with Crippen molar-refractivity contribution in [3.05, 3.63) is 58.4 Å². The highest BCUT2D eigenvalue weighted by Gasteiger charge is 2.14. The fourth-order valence-electron chi connectivity index (χ4n) is 4.06. The summed E-state index contributed by atoms with van der Waals surface area (Å²) in [5, 5.41) is 10.2. The van der Waals surface area contributed by atoms with Gasteiger partial charge < -0.3 is 15.0 Å². The summed E-state index contributed by atoms with van der Waals surface area (Å²) in [5.74, 6) is 1.51. The van der Waals surface area contributed by atoms with Gasteiger partial charge in [-0.05, 0) is 73.4 Å². The molecule has 0 fully saturated rings. The van der Waals surface area contributed by atoms with Crippen LogP contribution in [0.3, 0.4) is 0 Å². The maximum atomic E-state index is 12.5. The maximum absolute atomic E-state index is 12.5. The second-order valence-corrected chi connectivity index (χ2v) is 8.36. The van der Waals surface area contributed by atoms with Crippen LogP contribution in [-0.4, -0.2) is 40.9 Å². The third-order valence-corrected chi connectivity index (χ3v) is 6.04. The van der Waals surface area contributed by atoms with E-state index in [1.54, 1.807) is 0 Å². The molecule has 0 unspecified atom stereocenters. The molecular formula is C24H29N5O2S. The highest BCUT2D eigenvalue weighted by Crippen LogP contribution is 2.27. The highest BCUT2D eigenvalue weighted by molar-refractivity contribution is 7.71. The molecule has 2 N–H and O–H groups in total. The number of carbonyl (C=O) groups excluding carboxylic acids is 1. The minimum absolute atomic E-state index is 0.0133. The molecule has 2 heterocycles. The molecule has 1 aromatic heterocycles. The van der Waals surface area contributed by atoms with Crippen LogP contribution in [0.4, 0.5) is 5.69 Å². The van der Waals surface area contributed by atoms with E-state index in [1.807, 2.05) is 35.8 Å². The van der Waals surface area contributed by atoms with Crippen molar-refractivity contribution >= 4 is 23.8 Å². The first-order valence-corrected chi connectivity index (χ1v) is 11.4. The van der Waals surface area contributed by atoms with Crippen LogP contribution >= 0.6 is 12.2 Å². The smallest absolute Gasteiger partial charge is 0.222 e. The van der Waals surface area contributed by atoms with E-state index in [9.17, 15) is 4.79 Å². The number of rotatable bonds is 8. The number of benzene rings is 2. The van der Waals surface area contributed by atoms with E-state index < -0.39 is 0 Å². The van der Waals surface area contributed by atoms with Gasteiger partial charge in [0.1, 0.15) is 5.75 Å². The monoisotopic (exact) mass is 451 g/mol. The summed E-state index contributed by atoms with van der Waals surface area (Å²) in [6, 6.07) is 14.2. The maximum Gasteiger partial charge on any atom is 0.222 e. The van der Waals surface area contributed by atoms with Gasteiger partial charge in [-0.2, -0.15) is 5.10 Å². The molecule has 32 heavy (non-hydrogen) atoms. The van der Waals surface area contributed by atoms with Crippen LogP contribution in [0.1, 0.15) is 30.9 Å². The number of nitrogens with one attached hydrogen (secondary N) is 2. The lowest BCUT2D eigenvalue weighted by molar-refractivity contribution is -0.121. The lowest BCUT2D eigenvalue weighted by Crippen LogP contribution is -2.26. The number of hydrogen-bond acceptors (Lipinski definition) is 5. The fourth-order valence-corrected chi connectivity index (χ4v) is 4.29. The number of hydrogen-bond donors (Lipinski definition) is 2. The molecule has 4 rings (SSSR count). The molecule has 0 spiro atoms. The minimum Gasteiger partial charge on any atom is -0.494 e. The number of aryl methyl sites for hydroxylation is 1. The fraction of sp³-hybridized carbons (Fsp3) is 0.375. The van der Waals surface area contributed by atoms with Gasteiger partial charge in [-0.1, -0.05) is 12.1 Å². The van der Waals surface area contributed by atoms with Crippen LogP contribution in [-0.2, 0) is 24.3 Å². The molecule has 1 aliphatic heterocycles. The van der Waals surface area contributed by atoms with Crippen molar-refractivity contribution in [2.24, 2.45) is 0 Å². The van der Waals surface area contributed by atoms with Crippen LogP contribution in [0.5, 0.6) is 5.75 Å². The second-order valence-electron chi connectivity index (χ2n) is 7.98. The number of ether oxygens (including phenoxy) is 1. The van der Waals surface area contributed by atoms with Gasteiger partial charge in [0, 0.05) is 44.4 Å². The molecule has 1 amide bonds. The number of aromatic nitrogens is 3. The van der Waals surface area contributed by atoms with Crippen LogP contribution in [0, 0.1) is 4.77 Å². The molecule has 0 bridgehead atoms. The summed E-state index contributed by atoms with van der Waals surface area (Å²) in [7, 11) is 2.13. The number of fused-ring (bicyclic) bond motifs is 1. The van der Waals surface area contributed by atoms with E-state index in [-0.39, 0.29) is 5.91 Å². The van der Waals surface area contributed by atoms with Crippen LogP contribution in [0.25, 0.3) is 11.4 Å². The van der Waals surface area contributed by atoms with Crippen molar-refractivity contribution in [3.8, 4) is 17.1 Å². The zero-order valence-corrected chi connectivity index (χ0v) is 19.4. The lowest BCUT2D eigenvalue weighted by Gasteiger charge is -2.27. The Morgan fingerprint density at radius 3 is 2.84 bits per heavy atom. The van der Waals surface area contributed by atoms with Gasteiger partial charge >= 0.3 is 0 Å². The Labute approximate surface area is 193 Å². The third kappa shape index (κ3) is 5.02. The van der Waals surface area contributed by atoms with E-state index in [0.29, 0.717) is 36.7 Å². The molecule has 0 atom stereocenters. The number of carbonyl (C=O) groups is 1. The molecule has 3 aromatic rings. The highest BCUT2D eigenvalue weighted by atomic mass is 32.1. The summed E-state index contributed by atoms with van der Waals surface area (Å²) < 4.78 is 7.86. The zero-order chi connectivity index (χ0) is 22.5. The van der Waals surface area contributed by atoms with Crippen LogP contribution in [0.15, 0.2) is 42.5 Å². The van der Waals surface area contributed by atoms with Crippen LogP contribution in [0.2, 0.25) is 0 Å². The quantitative estimate of drug-likeness (QED) is 0.505. The Kier molecular flexibility index (Phi) is 6.90. The van der Waals surface area contributed by atoms with E-state index in [1.165, 1.54) is 17.7 Å². The lowest BCUT2D eigenvalue weighted by atomic mass is 9.99. The molecule has 7 nitrogen and oxygen atoms in total. The molecule has 168 valence electrons. The summed E-state index contributed by atoms with van der Waals surface area (Å²) >= 11 is 5.38. The predicted octanol–water partition coefficient (Wildman–Crippen LogP) is 4.10. The van der Waals surface area contributed by atoms with Gasteiger partial charge in [-0.15, -0.1) is 0 Å². The Bertz CT molecular complexity index is 1140. The number of anilines is 1. The van der Waals surface area contributed by atoms with Gasteiger partial charge in [-0.3, -0.25) is 14.5 Å². The summed E-state index contributed by atoms with van der Waals surface area (Å²) in [6.45, 7) is 4.65. The average Bonchev–Trinajstić information content (AvgIpc) is 3.17. The predicted molar refractivity (Wildman–Crippen MR) is 129 cm³/mol. The molecule has 1 aliphatic rings. The summed E-state index contributed by atoms with van der Waals surface area (Å²) in [6.07, 6.45) is 2.58.